The van der Waals surface area contributed by atoms with Crippen molar-refractivity contribution in [1.82, 2.24) is 4.90 Å². The van der Waals surface area contributed by atoms with Crippen LogP contribution in [0.25, 0.3) is 5.70 Å². The molecule has 1 heterocycles. The fourth-order valence-electron chi connectivity index (χ4n) is 3.57. The van der Waals surface area contributed by atoms with E-state index >= 15 is 0 Å². The van der Waals surface area contributed by atoms with Gasteiger partial charge in [-0.1, -0.05) is 41.9 Å². The van der Waals surface area contributed by atoms with E-state index in [1.807, 2.05) is 30.3 Å². The van der Waals surface area contributed by atoms with Crippen LogP contribution in [0.3, 0.4) is 0 Å². The van der Waals surface area contributed by atoms with Crippen LogP contribution in [0.2, 0.25) is 5.02 Å². The van der Waals surface area contributed by atoms with Gasteiger partial charge in [-0.25, -0.2) is 4.79 Å². The van der Waals surface area contributed by atoms with Crippen LogP contribution in [0, 0.1) is 0 Å². The molecule has 0 atom stereocenters. The molecule has 1 aliphatic rings. The van der Waals surface area contributed by atoms with Gasteiger partial charge in [0, 0.05) is 10.6 Å². The highest BCUT2D eigenvalue weighted by Crippen LogP contribution is 2.38. The van der Waals surface area contributed by atoms with E-state index in [4.69, 9.17) is 30.5 Å². The Hall–Kier alpha value is -4.30. The molecule has 36 heavy (non-hydrogen) atoms. The second-order valence-electron chi connectivity index (χ2n) is 7.67. The molecule has 3 aromatic rings. The average molecular weight is 508 g/mol. The third-order valence-corrected chi connectivity index (χ3v) is 5.63. The molecule has 0 fully saturated rings. The number of hydrogen-bond acceptors (Lipinski definition) is 7. The minimum absolute atomic E-state index is 0.0495. The zero-order valence-corrected chi connectivity index (χ0v) is 20.3. The Morgan fingerprint density at radius 2 is 1.61 bits per heavy atom. The predicted molar refractivity (Wildman–Crippen MR) is 131 cm³/mol. The van der Waals surface area contributed by atoms with Crippen molar-refractivity contribution in [2.24, 2.45) is 0 Å². The predicted octanol–water partition coefficient (Wildman–Crippen LogP) is 4.47. The van der Waals surface area contributed by atoms with Crippen LogP contribution in [-0.4, -0.2) is 43.5 Å². The number of ether oxygens (including phenoxy) is 4. The van der Waals surface area contributed by atoms with E-state index < -0.39 is 17.8 Å². The maximum Gasteiger partial charge on any atom is 0.338 e. The number of halogens is 1. The minimum Gasteiger partial charge on any atom is -0.497 e. The summed E-state index contributed by atoms with van der Waals surface area (Å²) in [4.78, 5) is 39.4. The molecule has 1 aliphatic heterocycles. The summed E-state index contributed by atoms with van der Waals surface area (Å²) in [5, 5.41) is 0.500. The molecule has 9 heteroatoms. The van der Waals surface area contributed by atoms with Crippen molar-refractivity contribution < 1.29 is 33.3 Å². The van der Waals surface area contributed by atoms with Gasteiger partial charge in [0.15, 0.2) is 0 Å². The summed E-state index contributed by atoms with van der Waals surface area (Å²) in [6.45, 7) is -0.326. The molecule has 0 bridgehead atoms. The first kappa shape index (κ1) is 24.8. The zero-order valence-electron chi connectivity index (χ0n) is 19.5. The van der Waals surface area contributed by atoms with Crippen molar-refractivity contribution in [3.63, 3.8) is 0 Å². The Kier molecular flexibility index (Phi) is 7.56. The van der Waals surface area contributed by atoms with Gasteiger partial charge in [0.05, 0.1) is 19.8 Å². The van der Waals surface area contributed by atoms with Crippen LogP contribution >= 0.6 is 11.6 Å². The number of benzene rings is 3. The molecule has 8 nitrogen and oxygen atoms in total. The van der Waals surface area contributed by atoms with E-state index in [9.17, 15) is 14.4 Å². The normalized spacial score (nSPS) is 12.6. The summed E-state index contributed by atoms with van der Waals surface area (Å²) in [5.74, 6) is -1.06. The number of methoxy groups -OCH3 is 2. The number of rotatable bonds is 9. The molecular formula is C27H22ClNO7. The highest BCUT2D eigenvalue weighted by molar-refractivity contribution is 6.30. The lowest BCUT2D eigenvalue weighted by molar-refractivity contribution is -0.149. The Labute approximate surface area is 212 Å². The van der Waals surface area contributed by atoms with Gasteiger partial charge in [0.2, 0.25) is 5.76 Å². The molecule has 0 aliphatic carbocycles. The fraction of sp³-hybridized carbons (Fsp3) is 0.148. The molecule has 184 valence electrons. The van der Waals surface area contributed by atoms with Crippen molar-refractivity contribution in [2.75, 3.05) is 20.8 Å². The highest BCUT2D eigenvalue weighted by Gasteiger charge is 2.42. The molecular weight excluding hydrogens is 486 g/mol. The molecule has 4 rings (SSSR count). The van der Waals surface area contributed by atoms with Crippen molar-refractivity contribution in [2.45, 2.75) is 6.61 Å². The van der Waals surface area contributed by atoms with Crippen LogP contribution in [0.4, 0.5) is 0 Å². The standard InChI is InChI=1S/C27H22ClNO7/c1-33-20-12-13-21(27(32)34-2)22(14-20)24-25(36-19-10-8-18(28)9-11-19)26(31)29(24)15-23(30)35-16-17-6-4-3-5-7-17/h3-14H,15-16H2,1-2H3. The zero-order chi connectivity index (χ0) is 25.7. The summed E-state index contributed by atoms with van der Waals surface area (Å²) >= 11 is 5.95. The summed E-state index contributed by atoms with van der Waals surface area (Å²) < 4.78 is 21.4. The van der Waals surface area contributed by atoms with E-state index in [2.05, 4.69) is 0 Å². The summed E-state index contributed by atoms with van der Waals surface area (Å²) in [5.41, 5.74) is 1.51. The van der Waals surface area contributed by atoms with Gasteiger partial charge in [-0.05, 0) is 48.0 Å². The monoisotopic (exact) mass is 507 g/mol. The summed E-state index contributed by atoms with van der Waals surface area (Å²) in [6, 6.07) is 20.3. The van der Waals surface area contributed by atoms with Crippen LogP contribution in [-0.2, 0) is 25.7 Å². The number of nitrogens with zero attached hydrogens (tertiary/aromatic N) is 1. The third kappa shape index (κ3) is 5.34. The Morgan fingerprint density at radius 3 is 2.28 bits per heavy atom. The third-order valence-electron chi connectivity index (χ3n) is 5.37. The van der Waals surface area contributed by atoms with E-state index in [1.165, 1.54) is 25.2 Å². The first-order valence-corrected chi connectivity index (χ1v) is 11.2. The molecule has 0 spiro atoms. The molecule has 0 saturated heterocycles. The molecule has 0 saturated carbocycles. The Balaban J connectivity index is 1.68. The largest absolute Gasteiger partial charge is 0.497 e. The van der Waals surface area contributed by atoms with E-state index in [-0.39, 0.29) is 30.2 Å². The lowest BCUT2D eigenvalue weighted by Crippen LogP contribution is -2.46. The van der Waals surface area contributed by atoms with E-state index in [1.54, 1.807) is 36.4 Å². The maximum atomic E-state index is 13.1. The number of carbonyl (C=O) groups excluding carboxylic acids is 3. The SMILES string of the molecule is COC(=O)c1ccc(OC)cc1C1=C(Oc2ccc(Cl)cc2)C(=O)N1CC(=O)OCc1ccccc1. The molecule has 1 amide bonds. The Morgan fingerprint density at radius 1 is 0.917 bits per heavy atom. The van der Waals surface area contributed by atoms with E-state index in [0.717, 1.165) is 5.56 Å². The maximum absolute atomic E-state index is 13.1. The lowest BCUT2D eigenvalue weighted by atomic mass is 9.97. The molecule has 3 aromatic carbocycles. The van der Waals surface area contributed by atoms with Gasteiger partial charge in [0.1, 0.15) is 30.3 Å². The number of carbonyl (C=O) groups is 3. The first-order valence-electron chi connectivity index (χ1n) is 10.9. The summed E-state index contributed by atoms with van der Waals surface area (Å²) in [6.07, 6.45) is 0. The first-order chi connectivity index (χ1) is 17.4. The number of hydrogen-bond donors (Lipinski definition) is 0. The lowest BCUT2D eigenvalue weighted by Gasteiger charge is -2.35. The second kappa shape index (κ2) is 11.0. The minimum atomic E-state index is -0.628. The number of esters is 2. The molecule has 0 radical (unpaired) electrons. The molecule has 0 aromatic heterocycles. The number of amides is 1. The van der Waals surface area contributed by atoms with Gasteiger partial charge >= 0.3 is 11.9 Å². The fourth-order valence-corrected chi connectivity index (χ4v) is 3.70. The highest BCUT2D eigenvalue weighted by atomic mass is 35.5. The van der Waals surface area contributed by atoms with Gasteiger partial charge in [-0.15, -0.1) is 0 Å². The smallest absolute Gasteiger partial charge is 0.338 e. The van der Waals surface area contributed by atoms with Gasteiger partial charge in [-0.3, -0.25) is 14.5 Å². The van der Waals surface area contributed by atoms with Crippen molar-refractivity contribution in [3.8, 4) is 11.5 Å². The van der Waals surface area contributed by atoms with Crippen molar-refractivity contribution >= 4 is 35.1 Å². The summed E-state index contributed by atoms with van der Waals surface area (Å²) in [7, 11) is 2.72. The van der Waals surface area contributed by atoms with Crippen molar-refractivity contribution in [3.05, 3.63) is 100 Å². The van der Waals surface area contributed by atoms with Crippen LogP contribution in [0.15, 0.2) is 78.6 Å². The van der Waals surface area contributed by atoms with Crippen molar-refractivity contribution in [1.29, 1.82) is 0 Å². The van der Waals surface area contributed by atoms with Gasteiger partial charge < -0.3 is 18.9 Å². The van der Waals surface area contributed by atoms with Crippen LogP contribution in [0.5, 0.6) is 11.5 Å². The topological polar surface area (TPSA) is 91.4 Å². The van der Waals surface area contributed by atoms with Crippen LogP contribution < -0.4 is 9.47 Å². The van der Waals surface area contributed by atoms with Crippen LogP contribution in [0.1, 0.15) is 21.5 Å². The van der Waals surface area contributed by atoms with E-state index in [0.29, 0.717) is 22.1 Å². The molecule has 0 N–H and O–H groups in total. The Bertz CT molecular complexity index is 1320. The quantitative estimate of drug-likeness (QED) is 0.395. The van der Waals surface area contributed by atoms with Gasteiger partial charge in [0.25, 0.3) is 5.91 Å². The molecule has 0 unspecified atom stereocenters. The van der Waals surface area contributed by atoms with Gasteiger partial charge in [-0.2, -0.15) is 0 Å². The average Bonchev–Trinajstić information content (AvgIpc) is 2.91. The second-order valence-corrected chi connectivity index (χ2v) is 8.11.